The Bertz CT molecular complexity index is 1960. The SMILES string of the molecule is [2H]C([2H])([2H])Oc1cc(C#N)ccc1C1C=C(F)c2cccc(C3CCN(Cc4nc5ccc(C(=O)O)cc5n4C[C@@H]4CCO4)CC3)c2O1. The molecule has 3 aliphatic heterocycles. The van der Waals surface area contributed by atoms with Gasteiger partial charge in [-0.25, -0.2) is 14.2 Å². The summed E-state index contributed by atoms with van der Waals surface area (Å²) >= 11 is 0. The largest absolute Gasteiger partial charge is 0.496 e. The van der Waals surface area contributed by atoms with Crippen molar-refractivity contribution >= 4 is 22.8 Å². The van der Waals surface area contributed by atoms with Gasteiger partial charge in [-0.1, -0.05) is 12.1 Å². The molecule has 4 heterocycles. The second-order valence-electron chi connectivity index (χ2n) is 11.7. The molecule has 0 amide bonds. The lowest BCUT2D eigenvalue weighted by molar-refractivity contribution is -0.0592. The fraction of sp³-hybridized carbons (Fsp3) is 0.343. The zero-order valence-electron chi connectivity index (χ0n) is 27.4. The third-order valence-corrected chi connectivity index (χ3v) is 9.05. The first-order valence-corrected chi connectivity index (χ1v) is 15.0. The van der Waals surface area contributed by atoms with E-state index in [-0.39, 0.29) is 28.9 Å². The highest BCUT2D eigenvalue weighted by Crippen LogP contribution is 2.46. The average molecular weight is 612 g/mol. The van der Waals surface area contributed by atoms with E-state index < -0.39 is 24.9 Å². The van der Waals surface area contributed by atoms with Crippen LogP contribution in [0.4, 0.5) is 4.39 Å². The third-order valence-electron chi connectivity index (χ3n) is 9.05. The lowest BCUT2D eigenvalue weighted by atomic mass is 9.86. The standard InChI is InChI=1S/C35H33FN4O5/c1-43-31-15-21(18-37)5-7-27(31)32-17-28(36)26-4-2-3-25(34(26)45-32)22-9-12-39(13-10-22)20-33-38-29-8-6-23(35(41)42)16-30(29)40(33)19-24-11-14-44-24/h2-8,15-17,22,24,32H,9-14,19-20H2,1H3,(H,41,42)/t24-,32?/m0/s1/i1D3. The number of likely N-dealkylation sites (tertiary alicyclic amines) is 1. The van der Waals surface area contributed by atoms with Crippen molar-refractivity contribution < 1.29 is 32.6 Å². The van der Waals surface area contributed by atoms with Crippen molar-refractivity contribution in [3.63, 3.8) is 0 Å². The maximum atomic E-state index is 15.6. The molecule has 1 N–H and O–H groups in total. The van der Waals surface area contributed by atoms with Crippen molar-refractivity contribution in [1.82, 2.24) is 14.5 Å². The number of aromatic nitrogens is 2. The number of halogens is 1. The molecular formula is C35H33FN4O5. The van der Waals surface area contributed by atoms with Crippen molar-refractivity contribution in [2.24, 2.45) is 0 Å². The number of nitriles is 1. The molecule has 9 nitrogen and oxygen atoms in total. The molecule has 2 fully saturated rings. The molecule has 0 radical (unpaired) electrons. The normalized spacial score (nSPS) is 21.3. The van der Waals surface area contributed by atoms with E-state index in [1.54, 1.807) is 24.3 Å². The van der Waals surface area contributed by atoms with E-state index in [1.165, 1.54) is 24.3 Å². The topological polar surface area (TPSA) is 110 Å². The predicted octanol–water partition coefficient (Wildman–Crippen LogP) is 6.23. The lowest BCUT2D eigenvalue weighted by Gasteiger charge is -2.34. The number of carboxylic acid groups (broad SMARTS) is 1. The summed E-state index contributed by atoms with van der Waals surface area (Å²) in [5.41, 5.74) is 3.48. The van der Waals surface area contributed by atoms with E-state index >= 15 is 4.39 Å². The number of rotatable bonds is 8. The van der Waals surface area contributed by atoms with Gasteiger partial charge in [0, 0.05) is 12.2 Å². The first-order valence-electron chi connectivity index (χ1n) is 16.5. The van der Waals surface area contributed by atoms with Crippen LogP contribution in [0.15, 0.2) is 60.7 Å². The average Bonchev–Trinajstić information content (AvgIpc) is 3.37. The molecule has 1 aromatic heterocycles. The summed E-state index contributed by atoms with van der Waals surface area (Å²) in [5, 5.41) is 18.9. The van der Waals surface area contributed by atoms with Crippen LogP contribution in [0.1, 0.15) is 73.8 Å². The van der Waals surface area contributed by atoms with Crippen molar-refractivity contribution in [2.75, 3.05) is 26.7 Å². The monoisotopic (exact) mass is 611 g/mol. The van der Waals surface area contributed by atoms with Gasteiger partial charge in [-0.05, 0) is 92.4 Å². The number of aromatic carboxylic acids is 1. The molecule has 7 rings (SSSR count). The number of methoxy groups -OCH3 is 1. The van der Waals surface area contributed by atoms with Gasteiger partial charge in [0.05, 0.1) is 64.1 Å². The van der Waals surface area contributed by atoms with Crippen molar-refractivity contribution in [1.29, 1.82) is 5.26 Å². The summed E-state index contributed by atoms with van der Waals surface area (Å²) in [6.07, 6.45) is 2.93. The molecule has 45 heavy (non-hydrogen) atoms. The van der Waals surface area contributed by atoms with Gasteiger partial charge in [-0.2, -0.15) is 5.26 Å². The number of carboxylic acids is 1. The predicted molar refractivity (Wildman–Crippen MR) is 165 cm³/mol. The quantitative estimate of drug-likeness (QED) is 0.250. The van der Waals surface area contributed by atoms with Crippen LogP contribution in [0.3, 0.4) is 0 Å². The number of hydrogen-bond donors (Lipinski definition) is 1. The summed E-state index contributed by atoms with van der Waals surface area (Å²) < 4.78 is 57.8. The van der Waals surface area contributed by atoms with Crippen LogP contribution in [0.2, 0.25) is 0 Å². The molecule has 10 heteroatoms. The smallest absolute Gasteiger partial charge is 0.335 e. The summed E-state index contributed by atoms with van der Waals surface area (Å²) in [6.45, 7) is 3.43. The van der Waals surface area contributed by atoms with Gasteiger partial charge >= 0.3 is 5.97 Å². The van der Waals surface area contributed by atoms with Gasteiger partial charge in [0.1, 0.15) is 29.3 Å². The van der Waals surface area contributed by atoms with Gasteiger partial charge in [0.25, 0.3) is 0 Å². The Labute approximate surface area is 264 Å². The number of ether oxygens (including phenoxy) is 3. The van der Waals surface area contributed by atoms with Gasteiger partial charge < -0.3 is 23.9 Å². The number of imidazole rings is 1. The fourth-order valence-electron chi connectivity index (χ4n) is 6.52. The van der Waals surface area contributed by atoms with Gasteiger partial charge in [0.2, 0.25) is 0 Å². The van der Waals surface area contributed by atoms with Gasteiger partial charge in [-0.15, -0.1) is 0 Å². The highest BCUT2D eigenvalue weighted by Gasteiger charge is 2.31. The molecule has 0 aliphatic carbocycles. The molecule has 0 spiro atoms. The number of para-hydroxylation sites is 1. The van der Waals surface area contributed by atoms with Gasteiger partial charge in [0.15, 0.2) is 0 Å². The van der Waals surface area contributed by atoms with Crippen molar-refractivity contribution in [2.45, 2.75) is 50.5 Å². The van der Waals surface area contributed by atoms with Crippen LogP contribution in [-0.4, -0.2) is 58.4 Å². The minimum absolute atomic E-state index is 0.0635. The fourth-order valence-corrected chi connectivity index (χ4v) is 6.52. The maximum Gasteiger partial charge on any atom is 0.335 e. The van der Waals surface area contributed by atoms with E-state index in [2.05, 4.69) is 9.47 Å². The summed E-state index contributed by atoms with van der Waals surface area (Å²) in [4.78, 5) is 18.9. The zero-order chi connectivity index (χ0) is 33.6. The number of nitrogens with zero attached hydrogens (tertiary/aromatic N) is 4. The number of piperidine rings is 1. The van der Waals surface area contributed by atoms with Crippen molar-refractivity contribution in [3.8, 4) is 17.6 Å². The first kappa shape index (κ1) is 25.6. The van der Waals surface area contributed by atoms with E-state index in [0.717, 1.165) is 61.4 Å². The van der Waals surface area contributed by atoms with Gasteiger partial charge in [-0.3, -0.25) is 4.90 Å². The van der Waals surface area contributed by atoms with E-state index in [9.17, 15) is 15.2 Å². The molecule has 2 saturated heterocycles. The molecule has 1 unspecified atom stereocenters. The molecule has 0 bridgehead atoms. The highest BCUT2D eigenvalue weighted by atomic mass is 19.1. The summed E-state index contributed by atoms with van der Waals surface area (Å²) in [5.74, 6) is -0.168. The number of carbonyl (C=O) groups is 1. The second kappa shape index (κ2) is 12.0. The number of benzene rings is 3. The van der Waals surface area contributed by atoms with E-state index in [0.29, 0.717) is 30.0 Å². The van der Waals surface area contributed by atoms with Crippen LogP contribution in [0.25, 0.3) is 16.9 Å². The second-order valence-corrected chi connectivity index (χ2v) is 11.7. The molecular weight excluding hydrogens is 575 g/mol. The Morgan fingerprint density at radius 1 is 1.18 bits per heavy atom. The lowest BCUT2D eigenvalue weighted by Crippen LogP contribution is -2.35. The minimum Gasteiger partial charge on any atom is -0.496 e. The third kappa shape index (κ3) is 5.54. The van der Waals surface area contributed by atoms with Crippen LogP contribution in [0.5, 0.6) is 11.5 Å². The molecule has 0 saturated carbocycles. The Morgan fingerprint density at radius 3 is 2.76 bits per heavy atom. The van der Waals surface area contributed by atoms with Crippen LogP contribution >= 0.6 is 0 Å². The number of fused-ring (bicyclic) bond motifs is 2. The Balaban J connectivity index is 1.10. The van der Waals surface area contributed by atoms with E-state index in [4.69, 9.17) is 23.3 Å². The Morgan fingerprint density at radius 2 is 2.02 bits per heavy atom. The molecule has 230 valence electrons. The summed E-state index contributed by atoms with van der Waals surface area (Å²) in [6, 6.07) is 16.8. The van der Waals surface area contributed by atoms with Crippen LogP contribution < -0.4 is 9.47 Å². The maximum absolute atomic E-state index is 15.6. The molecule has 3 aromatic carbocycles. The summed E-state index contributed by atoms with van der Waals surface area (Å²) in [7, 11) is -2.77. The number of hydrogen-bond acceptors (Lipinski definition) is 7. The van der Waals surface area contributed by atoms with E-state index in [1.807, 2.05) is 18.2 Å². The highest BCUT2D eigenvalue weighted by molar-refractivity contribution is 5.92. The minimum atomic E-state index is -2.77. The molecule has 2 atom stereocenters. The molecule has 4 aromatic rings. The Hall–Kier alpha value is -4.72. The van der Waals surface area contributed by atoms with Crippen LogP contribution in [-0.2, 0) is 17.8 Å². The van der Waals surface area contributed by atoms with Crippen LogP contribution in [0, 0.1) is 11.3 Å². The first-order chi connectivity index (χ1) is 23.1. The zero-order valence-corrected chi connectivity index (χ0v) is 24.4. The van der Waals surface area contributed by atoms with Crippen molar-refractivity contribution in [3.05, 3.63) is 94.3 Å². The Kier molecular flexibility index (Phi) is 6.82. The molecule has 3 aliphatic rings.